The van der Waals surface area contributed by atoms with Crippen molar-refractivity contribution < 1.29 is 8.42 Å². The number of hydrogen-bond acceptors (Lipinski definition) is 5. The van der Waals surface area contributed by atoms with Gasteiger partial charge in [0.2, 0.25) is 0 Å². The maximum absolute atomic E-state index is 12.1. The fourth-order valence-electron chi connectivity index (χ4n) is 1.89. The highest BCUT2D eigenvalue weighted by atomic mass is 32.2. The summed E-state index contributed by atoms with van der Waals surface area (Å²) in [6, 6.07) is 0. The van der Waals surface area contributed by atoms with E-state index in [2.05, 4.69) is 9.71 Å². The molecule has 0 bridgehead atoms. The van der Waals surface area contributed by atoms with E-state index in [4.69, 9.17) is 5.73 Å². The second-order valence-electron chi connectivity index (χ2n) is 4.05. The smallest absolute Gasteiger partial charge is 0.303 e. The lowest BCUT2D eigenvalue weighted by atomic mass is 10.0. The van der Waals surface area contributed by atoms with Crippen molar-refractivity contribution in [2.75, 3.05) is 24.4 Å². The van der Waals surface area contributed by atoms with Crippen LogP contribution in [-0.4, -0.2) is 37.3 Å². The van der Waals surface area contributed by atoms with Crippen molar-refractivity contribution in [2.24, 2.45) is 11.7 Å². The first kappa shape index (κ1) is 12.7. The fourth-order valence-corrected chi connectivity index (χ4v) is 3.95. The van der Waals surface area contributed by atoms with Gasteiger partial charge in [-0.15, -0.1) is 11.3 Å². The Morgan fingerprint density at radius 2 is 2.47 bits per heavy atom. The summed E-state index contributed by atoms with van der Waals surface area (Å²) in [5.41, 5.74) is 5.59. The minimum Gasteiger partial charge on any atom is -0.330 e. The summed E-state index contributed by atoms with van der Waals surface area (Å²) in [7, 11) is -3.47. The minimum absolute atomic E-state index is 0.261. The molecule has 1 aliphatic heterocycles. The van der Waals surface area contributed by atoms with Crippen LogP contribution in [0.4, 0.5) is 5.13 Å². The van der Waals surface area contributed by atoms with Crippen molar-refractivity contribution in [3.63, 3.8) is 0 Å². The molecule has 1 fully saturated rings. The molecule has 6 nitrogen and oxygen atoms in total. The highest BCUT2D eigenvalue weighted by molar-refractivity contribution is 7.90. The van der Waals surface area contributed by atoms with E-state index in [0.717, 1.165) is 12.8 Å². The second-order valence-corrected chi connectivity index (χ2v) is 6.61. The van der Waals surface area contributed by atoms with E-state index in [1.165, 1.54) is 15.6 Å². The van der Waals surface area contributed by atoms with Crippen LogP contribution in [0.15, 0.2) is 11.6 Å². The molecule has 1 aliphatic rings. The predicted molar refractivity (Wildman–Crippen MR) is 68.0 cm³/mol. The van der Waals surface area contributed by atoms with E-state index in [-0.39, 0.29) is 5.92 Å². The monoisotopic (exact) mass is 276 g/mol. The molecule has 1 aromatic heterocycles. The molecule has 0 aliphatic carbocycles. The largest absolute Gasteiger partial charge is 0.330 e. The number of aromatic nitrogens is 1. The maximum atomic E-state index is 12.1. The molecule has 0 radical (unpaired) electrons. The summed E-state index contributed by atoms with van der Waals surface area (Å²) in [5, 5.41) is 2.14. The van der Waals surface area contributed by atoms with Gasteiger partial charge >= 0.3 is 10.2 Å². The van der Waals surface area contributed by atoms with Crippen LogP contribution >= 0.6 is 11.3 Å². The molecular weight excluding hydrogens is 260 g/mol. The molecule has 17 heavy (non-hydrogen) atoms. The quantitative estimate of drug-likeness (QED) is 0.836. The van der Waals surface area contributed by atoms with Crippen molar-refractivity contribution in [3.8, 4) is 0 Å². The van der Waals surface area contributed by atoms with E-state index in [0.29, 0.717) is 24.8 Å². The number of nitrogens with zero attached hydrogens (tertiary/aromatic N) is 2. The minimum atomic E-state index is -3.47. The topological polar surface area (TPSA) is 88.3 Å². The second kappa shape index (κ2) is 5.30. The number of hydrogen-bond donors (Lipinski definition) is 2. The molecule has 0 aromatic carbocycles. The lowest BCUT2D eigenvalue weighted by Crippen LogP contribution is -2.44. The first-order valence-corrected chi connectivity index (χ1v) is 7.81. The van der Waals surface area contributed by atoms with Gasteiger partial charge in [0, 0.05) is 24.7 Å². The van der Waals surface area contributed by atoms with Gasteiger partial charge in [-0.3, -0.25) is 0 Å². The zero-order valence-electron chi connectivity index (χ0n) is 9.37. The van der Waals surface area contributed by atoms with Gasteiger partial charge < -0.3 is 5.73 Å². The van der Waals surface area contributed by atoms with Crippen molar-refractivity contribution in [1.29, 1.82) is 0 Å². The van der Waals surface area contributed by atoms with Crippen molar-refractivity contribution in [3.05, 3.63) is 11.6 Å². The highest BCUT2D eigenvalue weighted by Crippen LogP contribution is 2.20. The van der Waals surface area contributed by atoms with E-state index in [1.54, 1.807) is 11.6 Å². The van der Waals surface area contributed by atoms with Crippen molar-refractivity contribution in [2.45, 2.75) is 12.8 Å². The molecule has 0 spiro atoms. The van der Waals surface area contributed by atoms with Crippen LogP contribution in [-0.2, 0) is 10.2 Å². The Morgan fingerprint density at radius 3 is 3.12 bits per heavy atom. The van der Waals surface area contributed by atoms with E-state index in [1.807, 2.05) is 0 Å². The summed E-state index contributed by atoms with van der Waals surface area (Å²) in [5.74, 6) is 0.261. The van der Waals surface area contributed by atoms with Gasteiger partial charge in [0.15, 0.2) is 5.13 Å². The normalized spacial score (nSPS) is 22.5. The zero-order valence-corrected chi connectivity index (χ0v) is 11.0. The third-order valence-corrected chi connectivity index (χ3v) is 5.08. The van der Waals surface area contributed by atoms with Crippen molar-refractivity contribution in [1.82, 2.24) is 9.29 Å². The standard InChI is InChI=1S/C9H16N4O2S2/c10-6-8-2-1-4-13(7-8)17(14,15)12-9-11-3-5-16-9/h3,5,8H,1-2,4,6-7,10H2,(H,11,12). The molecule has 3 N–H and O–H groups in total. The molecule has 96 valence electrons. The van der Waals surface area contributed by atoms with Crippen LogP contribution in [0.3, 0.4) is 0 Å². The molecule has 2 rings (SSSR count). The Kier molecular flexibility index (Phi) is 3.97. The van der Waals surface area contributed by atoms with Crippen LogP contribution in [0.5, 0.6) is 0 Å². The highest BCUT2D eigenvalue weighted by Gasteiger charge is 2.28. The number of thiazole rings is 1. The Bertz CT molecular complexity index is 446. The van der Waals surface area contributed by atoms with Gasteiger partial charge in [0.05, 0.1) is 0 Å². The molecule has 1 aromatic rings. The summed E-state index contributed by atoms with van der Waals surface area (Å²) < 4.78 is 28.0. The third-order valence-electron chi connectivity index (χ3n) is 2.80. The SMILES string of the molecule is NCC1CCCN(S(=O)(=O)Nc2nccs2)C1. The number of anilines is 1. The molecule has 1 unspecified atom stereocenters. The van der Waals surface area contributed by atoms with Crippen LogP contribution in [0, 0.1) is 5.92 Å². The molecule has 1 atom stereocenters. The number of nitrogens with two attached hydrogens (primary N) is 1. The lowest BCUT2D eigenvalue weighted by Gasteiger charge is -2.30. The van der Waals surface area contributed by atoms with Gasteiger partial charge in [-0.25, -0.2) is 9.71 Å². The Hall–Kier alpha value is -0.700. The van der Waals surface area contributed by atoms with Crippen molar-refractivity contribution >= 4 is 26.7 Å². The molecule has 0 saturated carbocycles. The van der Waals surface area contributed by atoms with Gasteiger partial charge in [0.1, 0.15) is 0 Å². The molecule has 1 saturated heterocycles. The van der Waals surface area contributed by atoms with Gasteiger partial charge in [-0.05, 0) is 25.3 Å². The Morgan fingerprint density at radius 1 is 1.65 bits per heavy atom. The number of nitrogens with one attached hydrogen (secondary N) is 1. The fraction of sp³-hybridized carbons (Fsp3) is 0.667. The van der Waals surface area contributed by atoms with Crippen LogP contribution in [0.2, 0.25) is 0 Å². The first-order valence-electron chi connectivity index (χ1n) is 5.49. The molecule has 8 heteroatoms. The Labute approximate surface area is 105 Å². The summed E-state index contributed by atoms with van der Waals surface area (Å²) in [6.07, 6.45) is 3.43. The average molecular weight is 276 g/mol. The Balaban J connectivity index is 2.04. The summed E-state index contributed by atoms with van der Waals surface area (Å²) in [4.78, 5) is 3.91. The summed E-state index contributed by atoms with van der Waals surface area (Å²) in [6.45, 7) is 1.58. The van der Waals surface area contributed by atoms with Crippen LogP contribution < -0.4 is 10.5 Å². The zero-order chi connectivity index (χ0) is 12.3. The predicted octanol–water partition coefficient (Wildman–Crippen LogP) is 0.471. The molecular formula is C9H16N4O2S2. The maximum Gasteiger partial charge on any atom is 0.303 e. The van der Waals surface area contributed by atoms with Crippen LogP contribution in [0.25, 0.3) is 0 Å². The number of piperidine rings is 1. The first-order chi connectivity index (χ1) is 8.12. The lowest BCUT2D eigenvalue weighted by molar-refractivity contribution is 0.273. The van der Waals surface area contributed by atoms with Gasteiger partial charge in [-0.2, -0.15) is 12.7 Å². The molecule has 0 amide bonds. The average Bonchev–Trinajstić information content (AvgIpc) is 2.81. The van der Waals surface area contributed by atoms with E-state index in [9.17, 15) is 8.42 Å². The van der Waals surface area contributed by atoms with Crippen LogP contribution in [0.1, 0.15) is 12.8 Å². The molecule has 2 heterocycles. The van der Waals surface area contributed by atoms with Gasteiger partial charge in [0.25, 0.3) is 0 Å². The van der Waals surface area contributed by atoms with Gasteiger partial charge in [-0.1, -0.05) is 0 Å². The summed E-state index contributed by atoms with van der Waals surface area (Å²) >= 11 is 1.27. The van der Waals surface area contributed by atoms with E-state index < -0.39 is 10.2 Å². The number of rotatable bonds is 4. The third kappa shape index (κ3) is 3.15. The van der Waals surface area contributed by atoms with E-state index >= 15 is 0 Å².